The minimum atomic E-state index is 0.735. The molecule has 0 saturated carbocycles. The first kappa shape index (κ1) is 15.6. The van der Waals surface area contributed by atoms with Crippen LogP contribution in [0.25, 0.3) is 11.0 Å². The van der Waals surface area contributed by atoms with Gasteiger partial charge in [0.2, 0.25) is 5.95 Å². The van der Waals surface area contributed by atoms with Gasteiger partial charge in [-0.15, -0.1) is 0 Å². The van der Waals surface area contributed by atoms with Crippen molar-refractivity contribution in [2.75, 3.05) is 38.7 Å². The van der Waals surface area contributed by atoms with Crippen LogP contribution >= 0.6 is 11.6 Å². The largest absolute Gasteiger partial charge is 0.309 e. The molecule has 1 N–H and O–H groups in total. The Balaban J connectivity index is 1.86. The molecule has 1 aromatic heterocycles. The number of aryl methyl sites for hydroxylation is 1. The van der Waals surface area contributed by atoms with E-state index in [0.29, 0.717) is 0 Å². The maximum atomic E-state index is 6.11. The molecule has 1 fully saturated rings. The Morgan fingerprint density at radius 1 is 1.23 bits per heavy atom. The maximum Gasteiger partial charge on any atom is 0.218 e. The standard InChI is InChI=1S/C16H24ClN5/c1-3-4-7-22-15-6-5-13(17)12-14(15)18-16(22)19-21-10-8-20(2)9-11-21/h5-6,12H,3-4,7-11H2,1-2H3,(H,18,19). The van der Waals surface area contributed by atoms with Crippen LogP contribution in [0.4, 0.5) is 5.95 Å². The molecule has 22 heavy (non-hydrogen) atoms. The lowest BCUT2D eigenvalue weighted by molar-refractivity contribution is 0.177. The van der Waals surface area contributed by atoms with Gasteiger partial charge < -0.3 is 9.47 Å². The number of piperazine rings is 1. The number of imidazole rings is 1. The van der Waals surface area contributed by atoms with Crippen molar-refractivity contribution in [2.45, 2.75) is 26.3 Å². The second kappa shape index (κ2) is 6.86. The van der Waals surface area contributed by atoms with Crippen LogP contribution in [0.1, 0.15) is 19.8 Å². The SMILES string of the molecule is CCCCn1c(NN2CCN(C)CC2)nc2cc(Cl)ccc21. The number of aromatic nitrogens is 2. The Kier molecular flexibility index (Phi) is 4.86. The number of likely N-dealkylation sites (N-methyl/N-ethyl adjacent to an activating group) is 1. The number of fused-ring (bicyclic) bond motifs is 1. The van der Waals surface area contributed by atoms with E-state index in [0.717, 1.165) is 61.1 Å². The van der Waals surface area contributed by atoms with Crippen molar-refractivity contribution < 1.29 is 0 Å². The van der Waals surface area contributed by atoms with Crippen LogP contribution in [-0.4, -0.2) is 52.7 Å². The number of rotatable bonds is 5. The summed E-state index contributed by atoms with van der Waals surface area (Å²) >= 11 is 6.11. The summed E-state index contributed by atoms with van der Waals surface area (Å²) in [5.41, 5.74) is 5.61. The van der Waals surface area contributed by atoms with Crippen molar-refractivity contribution in [1.29, 1.82) is 0 Å². The van der Waals surface area contributed by atoms with Crippen LogP contribution < -0.4 is 5.43 Å². The molecule has 0 spiro atoms. The van der Waals surface area contributed by atoms with Gasteiger partial charge in [-0.05, 0) is 31.7 Å². The number of anilines is 1. The summed E-state index contributed by atoms with van der Waals surface area (Å²) in [5.74, 6) is 0.926. The lowest BCUT2D eigenvalue weighted by Gasteiger charge is -2.32. The van der Waals surface area contributed by atoms with Crippen molar-refractivity contribution in [3.05, 3.63) is 23.2 Å². The number of hydrogen-bond acceptors (Lipinski definition) is 4. The molecule has 1 aliphatic heterocycles. The van der Waals surface area contributed by atoms with Gasteiger partial charge >= 0.3 is 0 Å². The fraction of sp³-hybridized carbons (Fsp3) is 0.562. The first-order chi connectivity index (χ1) is 10.7. The molecule has 1 saturated heterocycles. The van der Waals surface area contributed by atoms with Crippen molar-refractivity contribution in [3.63, 3.8) is 0 Å². The molecule has 1 aliphatic rings. The van der Waals surface area contributed by atoms with E-state index < -0.39 is 0 Å². The summed E-state index contributed by atoms with van der Waals surface area (Å²) < 4.78 is 2.27. The molecule has 6 heteroatoms. The second-order valence-electron chi connectivity index (χ2n) is 5.98. The third-order valence-electron chi connectivity index (χ3n) is 4.21. The maximum absolute atomic E-state index is 6.11. The van der Waals surface area contributed by atoms with Gasteiger partial charge in [0.25, 0.3) is 0 Å². The minimum Gasteiger partial charge on any atom is -0.309 e. The molecular weight excluding hydrogens is 298 g/mol. The van der Waals surface area contributed by atoms with Gasteiger partial charge in [0, 0.05) is 37.7 Å². The second-order valence-corrected chi connectivity index (χ2v) is 6.41. The van der Waals surface area contributed by atoms with E-state index >= 15 is 0 Å². The molecule has 0 bridgehead atoms. The summed E-state index contributed by atoms with van der Waals surface area (Å²) in [6, 6.07) is 5.94. The zero-order valence-corrected chi connectivity index (χ0v) is 14.1. The molecular formula is C16H24ClN5. The van der Waals surface area contributed by atoms with Gasteiger partial charge in [-0.25, -0.2) is 9.99 Å². The Bertz CT molecular complexity index is 631. The highest BCUT2D eigenvalue weighted by molar-refractivity contribution is 6.31. The van der Waals surface area contributed by atoms with E-state index in [1.165, 1.54) is 6.42 Å². The third kappa shape index (κ3) is 3.37. The fourth-order valence-electron chi connectivity index (χ4n) is 2.79. The number of unbranched alkanes of at least 4 members (excludes halogenated alkanes) is 1. The van der Waals surface area contributed by atoms with E-state index in [-0.39, 0.29) is 0 Å². The van der Waals surface area contributed by atoms with Gasteiger partial charge in [-0.3, -0.25) is 5.43 Å². The molecule has 0 amide bonds. The summed E-state index contributed by atoms with van der Waals surface area (Å²) in [6.45, 7) is 7.36. The van der Waals surface area contributed by atoms with Crippen LogP contribution in [-0.2, 0) is 6.54 Å². The molecule has 3 rings (SSSR count). The Labute approximate surface area is 136 Å². The van der Waals surface area contributed by atoms with Crippen LogP contribution in [0.15, 0.2) is 18.2 Å². The number of halogens is 1. The summed E-state index contributed by atoms with van der Waals surface area (Å²) in [6.07, 6.45) is 2.31. The molecule has 1 aromatic carbocycles. The Hall–Kier alpha value is -1.30. The van der Waals surface area contributed by atoms with Gasteiger partial charge in [0.15, 0.2) is 0 Å². The van der Waals surface area contributed by atoms with Gasteiger partial charge in [0.1, 0.15) is 0 Å². The Morgan fingerprint density at radius 3 is 2.73 bits per heavy atom. The van der Waals surface area contributed by atoms with E-state index in [1.54, 1.807) is 0 Å². The lowest BCUT2D eigenvalue weighted by Crippen LogP contribution is -2.47. The molecule has 120 valence electrons. The normalized spacial score (nSPS) is 17.2. The van der Waals surface area contributed by atoms with Gasteiger partial charge in [0.05, 0.1) is 11.0 Å². The molecule has 2 aromatic rings. The van der Waals surface area contributed by atoms with Crippen molar-refractivity contribution >= 4 is 28.6 Å². The van der Waals surface area contributed by atoms with E-state index in [1.807, 2.05) is 12.1 Å². The highest BCUT2D eigenvalue weighted by Crippen LogP contribution is 2.24. The smallest absolute Gasteiger partial charge is 0.218 e. The van der Waals surface area contributed by atoms with Crippen molar-refractivity contribution in [1.82, 2.24) is 19.5 Å². The monoisotopic (exact) mass is 321 g/mol. The zero-order chi connectivity index (χ0) is 15.5. The predicted octanol–water partition coefficient (Wildman–Crippen LogP) is 3.06. The number of hydrazine groups is 1. The zero-order valence-electron chi connectivity index (χ0n) is 13.3. The summed E-state index contributed by atoms with van der Waals surface area (Å²) in [4.78, 5) is 7.10. The minimum absolute atomic E-state index is 0.735. The van der Waals surface area contributed by atoms with Crippen molar-refractivity contribution in [2.24, 2.45) is 0 Å². The molecule has 0 atom stereocenters. The summed E-state index contributed by atoms with van der Waals surface area (Å²) in [7, 11) is 2.16. The molecule has 0 unspecified atom stereocenters. The topological polar surface area (TPSA) is 36.3 Å². The first-order valence-electron chi connectivity index (χ1n) is 8.03. The third-order valence-corrected chi connectivity index (χ3v) is 4.44. The average molecular weight is 322 g/mol. The fourth-order valence-corrected chi connectivity index (χ4v) is 2.96. The van der Waals surface area contributed by atoms with E-state index in [4.69, 9.17) is 16.6 Å². The molecule has 0 radical (unpaired) electrons. The number of nitrogens with zero attached hydrogens (tertiary/aromatic N) is 4. The number of hydrogen-bond donors (Lipinski definition) is 1. The molecule has 5 nitrogen and oxygen atoms in total. The van der Waals surface area contributed by atoms with Crippen LogP contribution in [0, 0.1) is 0 Å². The van der Waals surface area contributed by atoms with E-state index in [2.05, 4.69) is 39.9 Å². The highest BCUT2D eigenvalue weighted by atomic mass is 35.5. The first-order valence-corrected chi connectivity index (χ1v) is 8.41. The Morgan fingerprint density at radius 2 is 2.00 bits per heavy atom. The number of nitrogens with one attached hydrogen (secondary N) is 1. The highest BCUT2D eigenvalue weighted by Gasteiger charge is 2.17. The quantitative estimate of drug-likeness (QED) is 0.918. The van der Waals surface area contributed by atoms with Crippen LogP contribution in [0.2, 0.25) is 5.02 Å². The lowest BCUT2D eigenvalue weighted by atomic mass is 10.3. The van der Waals surface area contributed by atoms with Crippen LogP contribution in [0.5, 0.6) is 0 Å². The van der Waals surface area contributed by atoms with Crippen LogP contribution in [0.3, 0.4) is 0 Å². The molecule has 2 heterocycles. The van der Waals surface area contributed by atoms with Gasteiger partial charge in [-0.2, -0.15) is 0 Å². The van der Waals surface area contributed by atoms with Gasteiger partial charge in [-0.1, -0.05) is 24.9 Å². The predicted molar refractivity (Wildman–Crippen MR) is 92.3 cm³/mol. The average Bonchev–Trinajstić information content (AvgIpc) is 2.83. The number of benzene rings is 1. The summed E-state index contributed by atoms with van der Waals surface area (Å²) in [5, 5.41) is 2.99. The van der Waals surface area contributed by atoms with E-state index in [9.17, 15) is 0 Å². The molecule has 0 aliphatic carbocycles. The van der Waals surface area contributed by atoms with Crippen molar-refractivity contribution in [3.8, 4) is 0 Å².